The summed E-state index contributed by atoms with van der Waals surface area (Å²) in [6.45, 7) is 8.07. The third-order valence-corrected chi connectivity index (χ3v) is 13.0. The zero-order chi connectivity index (χ0) is 37.7. The smallest absolute Gasteiger partial charge is 0.319 e. The number of carboxylic acid groups (broad SMARTS) is 2. The van der Waals surface area contributed by atoms with Crippen LogP contribution >= 0.6 is 11.8 Å². The van der Waals surface area contributed by atoms with Crippen LogP contribution in [0.5, 0.6) is 0 Å². The SMILES string of the molecule is CCCCCCCCCCCCCCCCCCCCC(C)(SC(C)(CCCCCCCCCCCCCCCCCCCC)C(=O)O)C(=O)O. The fourth-order valence-corrected chi connectivity index (χ4v) is 9.29. The highest BCUT2D eigenvalue weighted by atomic mass is 32.2. The molecule has 0 fully saturated rings. The molecule has 0 heterocycles. The number of carboxylic acids is 2. The second kappa shape index (κ2) is 36.3. The third-order valence-electron chi connectivity index (χ3n) is 11.4. The minimum atomic E-state index is -1.06. The van der Waals surface area contributed by atoms with E-state index in [0.717, 1.165) is 38.5 Å². The first-order chi connectivity index (χ1) is 24.7. The van der Waals surface area contributed by atoms with Gasteiger partial charge >= 0.3 is 11.9 Å². The van der Waals surface area contributed by atoms with E-state index in [4.69, 9.17) is 0 Å². The molecule has 2 unspecified atom stereocenters. The Morgan fingerprint density at radius 3 is 0.647 bits per heavy atom. The molecule has 2 atom stereocenters. The molecule has 5 heteroatoms. The van der Waals surface area contributed by atoms with Crippen LogP contribution in [0.4, 0.5) is 0 Å². The van der Waals surface area contributed by atoms with Gasteiger partial charge in [0.15, 0.2) is 0 Å². The molecule has 4 nitrogen and oxygen atoms in total. The second-order valence-corrected chi connectivity index (χ2v) is 18.7. The molecule has 0 aromatic rings. The first kappa shape index (κ1) is 50.3. The van der Waals surface area contributed by atoms with Crippen molar-refractivity contribution in [1.82, 2.24) is 0 Å². The molecular formula is C46H90O4S. The highest BCUT2D eigenvalue weighted by Crippen LogP contribution is 2.43. The molecule has 0 amide bonds. The number of unbranched alkanes of at least 4 members (excludes halogenated alkanes) is 34. The van der Waals surface area contributed by atoms with E-state index in [2.05, 4.69) is 13.8 Å². The normalized spacial score (nSPS) is 14.0. The van der Waals surface area contributed by atoms with Crippen LogP contribution in [0.2, 0.25) is 0 Å². The lowest BCUT2D eigenvalue weighted by Gasteiger charge is -2.34. The Morgan fingerprint density at radius 1 is 0.333 bits per heavy atom. The van der Waals surface area contributed by atoms with Crippen LogP contribution in [0.25, 0.3) is 0 Å². The summed E-state index contributed by atoms with van der Waals surface area (Å²) < 4.78 is -2.12. The van der Waals surface area contributed by atoms with Crippen molar-refractivity contribution in [3.63, 3.8) is 0 Å². The highest BCUT2D eigenvalue weighted by molar-refractivity contribution is 8.03. The van der Waals surface area contributed by atoms with E-state index in [1.807, 2.05) is 0 Å². The van der Waals surface area contributed by atoms with Crippen molar-refractivity contribution >= 4 is 23.7 Å². The minimum absolute atomic E-state index is 0.535. The molecule has 0 aliphatic rings. The van der Waals surface area contributed by atoms with Gasteiger partial charge in [0.2, 0.25) is 0 Å². The van der Waals surface area contributed by atoms with Gasteiger partial charge in [0, 0.05) is 0 Å². The Morgan fingerprint density at radius 2 is 0.490 bits per heavy atom. The zero-order valence-electron chi connectivity index (χ0n) is 35.0. The van der Waals surface area contributed by atoms with Crippen molar-refractivity contribution in [1.29, 1.82) is 0 Å². The number of carbonyl (C=O) groups is 2. The lowest BCUT2D eigenvalue weighted by molar-refractivity contribution is -0.139. The first-order valence-electron chi connectivity index (χ1n) is 22.9. The maximum absolute atomic E-state index is 12.4. The standard InChI is InChI=1S/C46H90O4S/c1-5-7-9-11-13-15-17-19-21-23-25-27-29-31-33-35-37-39-41-45(3,43(47)48)51-46(4,44(49)50)42-40-38-36-34-32-30-28-26-24-22-20-18-16-14-12-10-8-6-2/h5-42H2,1-4H3,(H,47,48)(H,49,50). The number of hydrogen-bond acceptors (Lipinski definition) is 3. The Kier molecular flexibility index (Phi) is 35.8. The van der Waals surface area contributed by atoms with Gasteiger partial charge in [-0.25, -0.2) is 0 Å². The highest BCUT2D eigenvalue weighted by Gasteiger charge is 2.45. The third kappa shape index (κ3) is 31.4. The van der Waals surface area contributed by atoms with Gasteiger partial charge in [0.25, 0.3) is 0 Å². The molecule has 0 aromatic heterocycles. The van der Waals surface area contributed by atoms with Crippen LogP contribution in [0.15, 0.2) is 0 Å². The van der Waals surface area contributed by atoms with Crippen molar-refractivity contribution in [3.8, 4) is 0 Å². The van der Waals surface area contributed by atoms with Crippen LogP contribution in [0.1, 0.15) is 272 Å². The van der Waals surface area contributed by atoms with Gasteiger partial charge in [-0.3, -0.25) is 9.59 Å². The van der Waals surface area contributed by atoms with Gasteiger partial charge in [0.05, 0.1) is 0 Å². The molecule has 0 aliphatic heterocycles. The van der Waals surface area contributed by atoms with Crippen molar-refractivity contribution in [3.05, 3.63) is 0 Å². The summed E-state index contributed by atoms with van der Waals surface area (Å²) in [5, 5.41) is 20.3. The summed E-state index contributed by atoms with van der Waals surface area (Å²) in [6.07, 6.45) is 48.3. The quantitative estimate of drug-likeness (QED) is 0.0610. The molecule has 0 bridgehead atoms. The van der Waals surface area contributed by atoms with Crippen molar-refractivity contribution in [2.45, 2.75) is 281 Å². The number of hydrogen-bond donors (Lipinski definition) is 2. The molecule has 0 aliphatic carbocycles. The summed E-state index contributed by atoms with van der Waals surface area (Å²) in [6, 6.07) is 0. The molecule has 0 spiro atoms. The van der Waals surface area contributed by atoms with Crippen molar-refractivity contribution < 1.29 is 19.8 Å². The average Bonchev–Trinajstić information content (AvgIpc) is 3.10. The van der Waals surface area contributed by atoms with Gasteiger partial charge in [-0.05, 0) is 26.7 Å². The van der Waals surface area contributed by atoms with Crippen LogP contribution in [0.3, 0.4) is 0 Å². The topological polar surface area (TPSA) is 74.6 Å². The predicted octanol–water partition coefficient (Wildman–Crippen LogP) is 16.3. The Bertz CT molecular complexity index is 710. The van der Waals surface area contributed by atoms with Crippen LogP contribution in [0, 0.1) is 0 Å². The summed E-state index contributed by atoms with van der Waals surface area (Å²) in [7, 11) is 0. The Balaban J connectivity index is 3.93. The van der Waals surface area contributed by atoms with Crippen LogP contribution in [-0.2, 0) is 9.59 Å². The van der Waals surface area contributed by atoms with E-state index in [-0.39, 0.29) is 0 Å². The fraction of sp³-hybridized carbons (Fsp3) is 0.957. The average molecular weight is 739 g/mol. The maximum atomic E-state index is 12.4. The maximum Gasteiger partial charge on any atom is 0.319 e. The van der Waals surface area contributed by atoms with Crippen molar-refractivity contribution in [2.75, 3.05) is 0 Å². The summed E-state index contributed by atoms with van der Waals surface area (Å²) in [5.41, 5.74) is 0. The zero-order valence-corrected chi connectivity index (χ0v) is 35.8. The van der Waals surface area contributed by atoms with Crippen LogP contribution < -0.4 is 0 Å². The van der Waals surface area contributed by atoms with Gasteiger partial charge in [-0.2, -0.15) is 0 Å². The molecule has 304 valence electrons. The fourth-order valence-electron chi connectivity index (χ4n) is 7.63. The van der Waals surface area contributed by atoms with Gasteiger partial charge in [-0.1, -0.05) is 245 Å². The molecule has 0 saturated heterocycles. The largest absolute Gasteiger partial charge is 0.480 e. The summed E-state index contributed by atoms with van der Waals surface area (Å²) in [5.74, 6) is -1.74. The molecule has 0 rings (SSSR count). The van der Waals surface area contributed by atoms with Crippen LogP contribution in [-0.4, -0.2) is 31.6 Å². The second-order valence-electron chi connectivity index (χ2n) is 16.7. The molecule has 0 aromatic carbocycles. The molecule has 51 heavy (non-hydrogen) atoms. The van der Waals surface area contributed by atoms with Crippen molar-refractivity contribution in [2.24, 2.45) is 0 Å². The van der Waals surface area contributed by atoms with E-state index in [0.29, 0.717) is 12.8 Å². The van der Waals surface area contributed by atoms with E-state index >= 15 is 0 Å². The predicted molar refractivity (Wildman–Crippen MR) is 226 cm³/mol. The number of rotatable bonds is 42. The monoisotopic (exact) mass is 739 g/mol. The number of thioether (sulfide) groups is 1. The number of aliphatic carboxylic acids is 2. The lowest BCUT2D eigenvalue weighted by Crippen LogP contribution is -2.42. The van der Waals surface area contributed by atoms with E-state index < -0.39 is 21.4 Å². The molecular weight excluding hydrogens is 649 g/mol. The summed E-state index contributed by atoms with van der Waals surface area (Å²) in [4.78, 5) is 24.7. The minimum Gasteiger partial charge on any atom is -0.480 e. The van der Waals surface area contributed by atoms with Gasteiger partial charge in [0.1, 0.15) is 9.49 Å². The van der Waals surface area contributed by atoms with E-state index in [1.165, 1.54) is 204 Å². The Hall–Kier alpha value is -0.710. The summed E-state index contributed by atoms with van der Waals surface area (Å²) >= 11 is 1.19. The molecule has 0 saturated carbocycles. The Labute approximate surface area is 323 Å². The van der Waals surface area contributed by atoms with Gasteiger partial charge in [-0.15, -0.1) is 11.8 Å². The lowest BCUT2D eigenvalue weighted by atomic mass is 9.99. The molecule has 0 radical (unpaired) electrons. The molecule has 2 N–H and O–H groups in total. The van der Waals surface area contributed by atoms with E-state index in [9.17, 15) is 19.8 Å². The van der Waals surface area contributed by atoms with Gasteiger partial charge < -0.3 is 10.2 Å². The van der Waals surface area contributed by atoms with E-state index in [1.54, 1.807) is 13.8 Å². The first-order valence-corrected chi connectivity index (χ1v) is 23.7.